The van der Waals surface area contributed by atoms with Gasteiger partial charge in [0.05, 0.1) is 41.8 Å². The quantitative estimate of drug-likeness (QED) is 0.455. The SMILES string of the molecule is Cc1cc([N+](=O)[O-])nn1CCC(=O)Nc1cnn(Cc2ccc(Br)cc2)c1. The molecule has 1 aromatic carbocycles. The second-order valence-electron chi connectivity index (χ2n) is 5.98. The zero-order valence-electron chi connectivity index (χ0n) is 14.5. The molecule has 0 radical (unpaired) electrons. The number of nitrogens with zero attached hydrogens (tertiary/aromatic N) is 5. The molecule has 3 rings (SSSR count). The fourth-order valence-electron chi connectivity index (χ4n) is 2.53. The highest BCUT2D eigenvalue weighted by molar-refractivity contribution is 9.10. The summed E-state index contributed by atoms with van der Waals surface area (Å²) in [6.45, 7) is 2.57. The zero-order valence-corrected chi connectivity index (χ0v) is 16.1. The van der Waals surface area contributed by atoms with E-state index in [1.165, 1.54) is 10.7 Å². The third-order valence-corrected chi connectivity index (χ3v) is 4.41. The number of amides is 1. The topological polar surface area (TPSA) is 108 Å². The maximum Gasteiger partial charge on any atom is 0.390 e. The molecule has 0 atom stereocenters. The van der Waals surface area contributed by atoms with E-state index in [2.05, 4.69) is 31.4 Å². The number of carbonyl (C=O) groups is 1. The number of rotatable bonds is 7. The molecule has 1 N–H and O–H groups in total. The summed E-state index contributed by atoms with van der Waals surface area (Å²) in [4.78, 5) is 22.3. The Labute approximate surface area is 163 Å². The van der Waals surface area contributed by atoms with Crippen LogP contribution < -0.4 is 5.32 Å². The van der Waals surface area contributed by atoms with Gasteiger partial charge >= 0.3 is 5.82 Å². The van der Waals surface area contributed by atoms with E-state index < -0.39 is 4.92 Å². The monoisotopic (exact) mass is 432 g/mol. The molecule has 2 heterocycles. The second-order valence-corrected chi connectivity index (χ2v) is 6.89. The van der Waals surface area contributed by atoms with Crippen LogP contribution in [0.15, 0.2) is 47.2 Å². The van der Waals surface area contributed by atoms with Crippen molar-refractivity contribution in [2.45, 2.75) is 26.4 Å². The second kappa shape index (κ2) is 8.12. The molecule has 0 aliphatic heterocycles. The molecular weight excluding hydrogens is 416 g/mol. The number of anilines is 1. The molecule has 0 fully saturated rings. The molecule has 0 aliphatic carbocycles. The lowest BCUT2D eigenvalue weighted by Gasteiger charge is -2.03. The number of halogens is 1. The van der Waals surface area contributed by atoms with Crippen LogP contribution in [0, 0.1) is 17.0 Å². The molecule has 27 heavy (non-hydrogen) atoms. The molecule has 2 aromatic heterocycles. The normalized spacial score (nSPS) is 10.7. The largest absolute Gasteiger partial charge is 0.390 e. The van der Waals surface area contributed by atoms with Gasteiger partial charge in [0.25, 0.3) is 0 Å². The Kier molecular flexibility index (Phi) is 5.65. The van der Waals surface area contributed by atoms with Gasteiger partial charge in [0, 0.05) is 17.1 Å². The van der Waals surface area contributed by atoms with Crippen molar-refractivity contribution in [3.8, 4) is 0 Å². The number of nitrogens with one attached hydrogen (secondary N) is 1. The lowest BCUT2D eigenvalue weighted by molar-refractivity contribution is -0.389. The van der Waals surface area contributed by atoms with E-state index in [9.17, 15) is 14.9 Å². The van der Waals surface area contributed by atoms with Crippen LogP contribution in [-0.2, 0) is 17.9 Å². The maximum atomic E-state index is 12.1. The molecule has 140 valence electrons. The van der Waals surface area contributed by atoms with Gasteiger partial charge in [0.15, 0.2) is 0 Å². The zero-order chi connectivity index (χ0) is 19.4. The van der Waals surface area contributed by atoms with E-state index in [1.807, 2.05) is 24.3 Å². The number of benzene rings is 1. The van der Waals surface area contributed by atoms with E-state index in [0.29, 0.717) is 17.9 Å². The Hall–Kier alpha value is -3.01. The van der Waals surface area contributed by atoms with Crippen LogP contribution in [-0.4, -0.2) is 30.4 Å². The summed E-state index contributed by atoms with van der Waals surface area (Å²) in [5.74, 6) is -0.433. The van der Waals surface area contributed by atoms with E-state index in [1.54, 1.807) is 24.0 Å². The van der Waals surface area contributed by atoms with Crippen LogP contribution in [0.2, 0.25) is 0 Å². The van der Waals surface area contributed by atoms with Gasteiger partial charge in [-0.1, -0.05) is 28.1 Å². The molecular formula is C17H17BrN6O3. The fourth-order valence-corrected chi connectivity index (χ4v) is 2.80. The van der Waals surface area contributed by atoms with Gasteiger partial charge in [0.2, 0.25) is 5.91 Å². The molecule has 0 saturated carbocycles. The van der Waals surface area contributed by atoms with E-state index in [4.69, 9.17) is 0 Å². The van der Waals surface area contributed by atoms with Crippen molar-refractivity contribution in [1.82, 2.24) is 19.6 Å². The summed E-state index contributed by atoms with van der Waals surface area (Å²) in [5.41, 5.74) is 2.33. The first-order chi connectivity index (χ1) is 12.9. The van der Waals surface area contributed by atoms with Gasteiger partial charge in [-0.15, -0.1) is 0 Å². The molecule has 3 aromatic rings. The van der Waals surface area contributed by atoms with Crippen LogP contribution in [0.4, 0.5) is 11.5 Å². The third kappa shape index (κ3) is 5.00. The summed E-state index contributed by atoms with van der Waals surface area (Å²) in [6.07, 6.45) is 3.49. The predicted octanol–water partition coefficient (Wildman–Crippen LogP) is 3.14. The van der Waals surface area contributed by atoms with Gasteiger partial charge in [-0.05, 0) is 29.5 Å². The van der Waals surface area contributed by atoms with Crippen LogP contribution in [0.1, 0.15) is 17.7 Å². The molecule has 0 saturated heterocycles. The lowest BCUT2D eigenvalue weighted by Crippen LogP contribution is -2.15. The highest BCUT2D eigenvalue weighted by atomic mass is 79.9. The minimum absolute atomic E-state index is 0.150. The summed E-state index contributed by atoms with van der Waals surface area (Å²) >= 11 is 3.40. The van der Waals surface area contributed by atoms with Crippen molar-refractivity contribution in [3.05, 3.63) is 68.6 Å². The van der Waals surface area contributed by atoms with Crippen LogP contribution in [0.5, 0.6) is 0 Å². The first kappa shape index (κ1) is 18.8. The van der Waals surface area contributed by atoms with E-state index in [0.717, 1.165) is 10.0 Å². The minimum atomic E-state index is -0.552. The Bertz CT molecular complexity index is 963. The van der Waals surface area contributed by atoms with Crippen LogP contribution in [0.3, 0.4) is 0 Å². The van der Waals surface area contributed by atoms with Crippen molar-refractivity contribution in [2.24, 2.45) is 0 Å². The van der Waals surface area contributed by atoms with E-state index >= 15 is 0 Å². The van der Waals surface area contributed by atoms with Crippen molar-refractivity contribution < 1.29 is 9.72 Å². The van der Waals surface area contributed by atoms with Crippen molar-refractivity contribution in [1.29, 1.82) is 0 Å². The Morgan fingerprint density at radius 1 is 1.33 bits per heavy atom. The average molecular weight is 433 g/mol. The smallest absolute Gasteiger partial charge is 0.358 e. The number of carbonyl (C=O) groups excluding carboxylic acids is 1. The van der Waals surface area contributed by atoms with E-state index in [-0.39, 0.29) is 24.7 Å². The van der Waals surface area contributed by atoms with Crippen molar-refractivity contribution in [3.63, 3.8) is 0 Å². The van der Waals surface area contributed by atoms with Crippen molar-refractivity contribution >= 4 is 33.3 Å². The molecule has 9 nitrogen and oxygen atoms in total. The van der Waals surface area contributed by atoms with Gasteiger partial charge in [-0.25, -0.2) is 0 Å². The van der Waals surface area contributed by atoms with Crippen molar-refractivity contribution in [2.75, 3.05) is 5.32 Å². The summed E-state index contributed by atoms with van der Waals surface area (Å²) in [5, 5.41) is 21.6. The molecule has 0 aliphatic rings. The first-order valence-corrected chi connectivity index (χ1v) is 8.95. The molecule has 0 unspecified atom stereocenters. The van der Waals surface area contributed by atoms with Gasteiger partial charge in [-0.2, -0.15) is 9.78 Å². The van der Waals surface area contributed by atoms with Crippen LogP contribution in [0.25, 0.3) is 0 Å². The Morgan fingerprint density at radius 2 is 2.07 bits per heavy atom. The number of nitro groups is 1. The maximum absolute atomic E-state index is 12.1. The highest BCUT2D eigenvalue weighted by Crippen LogP contribution is 2.14. The number of aryl methyl sites for hydroxylation is 2. The number of hydrogen-bond acceptors (Lipinski definition) is 5. The van der Waals surface area contributed by atoms with Crippen LogP contribution >= 0.6 is 15.9 Å². The molecule has 0 bridgehead atoms. The highest BCUT2D eigenvalue weighted by Gasteiger charge is 2.16. The molecule has 0 spiro atoms. The fraction of sp³-hybridized carbons (Fsp3) is 0.235. The average Bonchev–Trinajstić information content (AvgIpc) is 3.21. The molecule has 1 amide bonds. The molecule has 10 heteroatoms. The Balaban J connectivity index is 1.53. The summed E-state index contributed by atoms with van der Waals surface area (Å²) in [7, 11) is 0. The predicted molar refractivity (Wildman–Crippen MR) is 102 cm³/mol. The standard InChI is InChI=1S/C17H17BrN6O3/c1-12-8-16(24(26)27)21-23(12)7-6-17(25)20-15-9-19-22(11-15)10-13-2-4-14(18)5-3-13/h2-5,8-9,11H,6-7,10H2,1H3,(H,20,25). The van der Waals surface area contributed by atoms with Gasteiger partial charge in [-0.3, -0.25) is 9.48 Å². The van der Waals surface area contributed by atoms with Gasteiger partial charge in [0.1, 0.15) is 0 Å². The minimum Gasteiger partial charge on any atom is -0.358 e. The van der Waals surface area contributed by atoms with Gasteiger partial charge < -0.3 is 15.4 Å². The lowest BCUT2D eigenvalue weighted by atomic mass is 10.2. The number of hydrogen-bond donors (Lipinski definition) is 1. The third-order valence-electron chi connectivity index (χ3n) is 3.88. The first-order valence-electron chi connectivity index (χ1n) is 8.16. The number of aromatic nitrogens is 4. The summed E-state index contributed by atoms with van der Waals surface area (Å²) < 4.78 is 4.20. The Morgan fingerprint density at radius 3 is 2.74 bits per heavy atom. The summed E-state index contributed by atoms with van der Waals surface area (Å²) in [6, 6.07) is 9.29.